The van der Waals surface area contributed by atoms with Crippen LogP contribution < -0.4 is 10.1 Å². The number of phenols is 1. The first kappa shape index (κ1) is 11.5. The van der Waals surface area contributed by atoms with E-state index in [2.05, 4.69) is 5.32 Å². The Morgan fingerprint density at radius 3 is 2.71 bits per heavy atom. The molecule has 17 heavy (non-hydrogen) atoms. The number of rotatable bonds is 2. The molecule has 1 aliphatic rings. The summed E-state index contributed by atoms with van der Waals surface area (Å²) in [6.45, 7) is 0. The van der Waals surface area contributed by atoms with E-state index in [4.69, 9.17) is 4.74 Å². The normalized spacial score (nSPS) is 17.4. The summed E-state index contributed by atoms with van der Waals surface area (Å²) < 4.78 is 4.90. The van der Waals surface area contributed by atoms with Crippen LogP contribution in [0.15, 0.2) is 23.1 Å². The molecular weight excluding hydrogens is 242 g/mol. The summed E-state index contributed by atoms with van der Waals surface area (Å²) in [5, 5.41) is 11.3. The number of aromatic hydroxyl groups is 1. The molecule has 1 aromatic carbocycles. The van der Waals surface area contributed by atoms with Crippen LogP contribution in [0.25, 0.3) is 6.08 Å². The summed E-state index contributed by atoms with van der Waals surface area (Å²) in [5.74, 6) is -0.0846. The summed E-state index contributed by atoms with van der Waals surface area (Å²) in [7, 11) is 1.45. The van der Waals surface area contributed by atoms with E-state index < -0.39 is 5.91 Å². The molecule has 0 saturated carbocycles. The van der Waals surface area contributed by atoms with Crippen LogP contribution in [0.4, 0.5) is 4.79 Å². The number of thioether (sulfide) groups is 1. The highest BCUT2D eigenvalue weighted by molar-refractivity contribution is 8.18. The van der Waals surface area contributed by atoms with Gasteiger partial charge in [0.25, 0.3) is 11.1 Å². The molecule has 1 aromatic rings. The van der Waals surface area contributed by atoms with Gasteiger partial charge in [-0.25, -0.2) is 0 Å². The molecule has 2 rings (SSSR count). The van der Waals surface area contributed by atoms with E-state index in [0.717, 1.165) is 11.8 Å². The van der Waals surface area contributed by atoms with Gasteiger partial charge in [0.15, 0.2) is 11.5 Å². The smallest absolute Gasteiger partial charge is 0.290 e. The Morgan fingerprint density at radius 2 is 2.18 bits per heavy atom. The van der Waals surface area contributed by atoms with Crippen molar-refractivity contribution in [2.24, 2.45) is 0 Å². The standard InChI is InChI=1S/C11H9NO4S/c1-16-8-3-2-6(4-7(8)13)5-9-10(14)12-11(15)17-9/h2-5,13H,1H3,(H,12,14,15)/b9-5+. The van der Waals surface area contributed by atoms with Gasteiger partial charge < -0.3 is 9.84 Å². The zero-order chi connectivity index (χ0) is 12.4. The number of hydrogen-bond donors (Lipinski definition) is 2. The molecule has 1 saturated heterocycles. The van der Waals surface area contributed by atoms with Crippen LogP contribution in [-0.2, 0) is 4.79 Å². The molecule has 0 bridgehead atoms. The Kier molecular flexibility index (Phi) is 3.06. The van der Waals surface area contributed by atoms with Crippen molar-refractivity contribution in [3.63, 3.8) is 0 Å². The average Bonchev–Trinajstić information content (AvgIpc) is 2.58. The van der Waals surface area contributed by atoms with Crippen LogP contribution in [0.2, 0.25) is 0 Å². The fourth-order valence-corrected chi connectivity index (χ4v) is 2.05. The Hall–Kier alpha value is -1.95. The van der Waals surface area contributed by atoms with E-state index in [9.17, 15) is 14.7 Å². The largest absolute Gasteiger partial charge is 0.504 e. The molecule has 0 aromatic heterocycles. The van der Waals surface area contributed by atoms with Crippen molar-refractivity contribution in [2.45, 2.75) is 0 Å². The predicted octanol–water partition coefficient (Wildman–Crippen LogP) is 1.72. The number of ether oxygens (including phenoxy) is 1. The molecule has 0 atom stereocenters. The van der Waals surface area contributed by atoms with Gasteiger partial charge in [-0.2, -0.15) is 0 Å². The molecule has 2 N–H and O–H groups in total. The van der Waals surface area contributed by atoms with Gasteiger partial charge in [0.1, 0.15) is 0 Å². The summed E-state index contributed by atoms with van der Waals surface area (Å²) in [6.07, 6.45) is 1.53. The summed E-state index contributed by atoms with van der Waals surface area (Å²) in [6, 6.07) is 4.73. The highest BCUT2D eigenvalue weighted by atomic mass is 32.2. The van der Waals surface area contributed by atoms with E-state index in [1.807, 2.05) is 0 Å². The highest BCUT2D eigenvalue weighted by Gasteiger charge is 2.24. The number of hydrogen-bond acceptors (Lipinski definition) is 5. The Bertz CT molecular complexity index is 524. The van der Waals surface area contributed by atoms with E-state index in [1.165, 1.54) is 19.3 Å². The van der Waals surface area contributed by atoms with Crippen LogP contribution in [0.3, 0.4) is 0 Å². The van der Waals surface area contributed by atoms with E-state index in [0.29, 0.717) is 16.2 Å². The highest BCUT2D eigenvalue weighted by Crippen LogP contribution is 2.30. The molecule has 1 heterocycles. The number of carbonyl (C=O) groups excluding carboxylic acids is 2. The SMILES string of the molecule is COc1ccc(/C=C2/SC(=O)NC2=O)cc1O. The lowest BCUT2D eigenvalue weighted by Gasteiger charge is -2.03. The van der Waals surface area contributed by atoms with Gasteiger partial charge in [-0.1, -0.05) is 6.07 Å². The molecule has 6 heteroatoms. The Morgan fingerprint density at radius 1 is 1.41 bits per heavy atom. The maximum Gasteiger partial charge on any atom is 0.290 e. The molecule has 0 unspecified atom stereocenters. The van der Waals surface area contributed by atoms with Crippen molar-refractivity contribution in [1.29, 1.82) is 0 Å². The molecule has 1 aliphatic heterocycles. The Labute approximate surface area is 101 Å². The summed E-state index contributed by atoms with van der Waals surface area (Å²) in [4.78, 5) is 22.5. The first-order chi connectivity index (χ1) is 8.10. The van der Waals surface area contributed by atoms with E-state index in [-0.39, 0.29) is 11.0 Å². The van der Waals surface area contributed by atoms with Crippen LogP contribution in [0.5, 0.6) is 11.5 Å². The number of nitrogens with one attached hydrogen (secondary N) is 1. The minimum atomic E-state index is -0.421. The van der Waals surface area contributed by atoms with Crippen LogP contribution in [-0.4, -0.2) is 23.4 Å². The number of phenolic OH excluding ortho intramolecular Hbond substituents is 1. The molecular formula is C11H9NO4S. The molecule has 0 aliphatic carbocycles. The van der Waals surface area contributed by atoms with E-state index in [1.54, 1.807) is 12.1 Å². The molecule has 2 amide bonds. The van der Waals surface area contributed by atoms with Crippen LogP contribution in [0, 0.1) is 0 Å². The van der Waals surface area contributed by atoms with Gasteiger partial charge >= 0.3 is 0 Å². The molecule has 1 fully saturated rings. The van der Waals surface area contributed by atoms with Crippen molar-refractivity contribution < 1.29 is 19.4 Å². The van der Waals surface area contributed by atoms with Gasteiger partial charge in [-0.05, 0) is 35.5 Å². The second-order valence-corrected chi connectivity index (χ2v) is 4.30. The van der Waals surface area contributed by atoms with Crippen molar-refractivity contribution in [1.82, 2.24) is 5.32 Å². The third-order valence-electron chi connectivity index (χ3n) is 2.14. The zero-order valence-electron chi connectivity index (χ0n) is 8.89. The number of benzene rings is 1. The lowest BCUT2D eigenvalue weighted by atomic mass is 10.2. The summed E-state index contributed by atoms with van der Waals surface area (Å²) in [5.41, 5.74) is 0.621. The quantitative estimate of drug-likeness (QED) is 0.783. The minimum absolute atomic E-state index is 0.0171. The lowest BCUT2D eigenvalue weighted by Crippen LogP contribution is -2.17. The van der Waals surface area contributed by atoms with Crippen LogP contribution in [0.1, 0.15) is 5.56 Å². The van der Waals surface area contributed by atoms with Gasteiger partial charge in [0.2, 0.25) is 0 Å². The van der Waals surface area contributed by atoms with Gasteiger partial charge in [0, 0.05) is 0 Å². The molecule has 5 nitrogen and oxygen atoms in total. The minimum Gasteiger partial charge on any atom is -0.504 e. The third kappa shape index (κ3) is 2.42. The fourth-order valence-electron chi connectivity index (χ4n) is 1.37. The molecule has 0 radical (unpaired) electrons. The topological polar surface area (TPSA) is 75.6 Å². The summed E-state index contributed by atoms with van der Waals surface area (Å²) >= 11 is 0.833. The maximum atomic E-state index is 11.3. The van der Waals surface area contributed by atoms with E-state index >= 15 is 0 Å². The number of imide groups is 1. The first-order valence-electron chi connectivity index (χ1n) is 4.72. The van der Waals surface area contributed by atoms with Crippen molar-refractivity contribution >= 4 is 29.0 Å². The number of methoxy groups -OCH3 is 1. The van der Waals surface area contributed by atoms with Gasteiger partial charge in [-0.15, -0.1) is 0 Å². The number of amides is 2. The zero-order valence-corrected chi connectivity index (χ0v) is 9.71. The number of carbonyl (C=O) groups is 2. The maximum absolute atomic E-state index is 11.3. The van der Waals surface area contributed by atoms with Crippen molar-refractivity contribution in [2.75, 3.05) is 7.11 Å². The van der Waals surface area contributed by atoms with Gasteiger partial charge in [0.05, 0.1) is 12.0 Å². The molecule has 0 spiro atoms. The van der Waals surface area contributed by atoms with Gasteiger partial charge in [-0.3, -0.25) is 14.9 Å². The lowest BCUT2D eigenvalue weighted by molar-refractivity contribution is -0.115. The predicted molar refractivity (Wildman–Crippen MR) is 63.8 cm³/mol. The van der Waals surface area contributed by atoms with Crippen molar-refractivity contribution in [3.8, 4) is 11.5 Å². The fraction of sp³-hybridized carbons (Fsp3) is 0.0909. The average molecular weight is 251 g/mol. The second kappa shape index (κ2) is 4.50. The molecule has 88 valence electrons. The second-order valence-electron chi connectivity index (χ2n) is 3.28. The Balaban J connectivity index is 2.30. The monoisotopic (exact) mass is 251 g/mol. The van der Waals surface area contributed by atoms with Crippen molar-refractivity contribution in [3.05, 3.63) is 28.7 Å². The first-order valence-corrected chi connectivity index (χ1v) is 5.53. The third-order valence-corrected chi connectivity index (χ3v) is 2.95. The van der Waals surface area contributed by atoms with Crippen LogP contribution >= 0.6 is 11.8 Å².